The van der Waals surface area contributed by atoms with Gasteiger partial charge >= 0.3 is 0 Å². The zero-order chi connectivity index (χ0) is 20.5. The molecule has 2 heterocycles. The molecule has 2 aromatic heterocycles. The number of amides is 1. The lowest BCUT2D eigenvalue weighted by atomic mass is 10.1. The third-order valence-electron chi connectivity index (χ3n) is 4.21. The molecule has 0 aliphatic carbocycles. The number of carbonyl (C=O) groups is 1. The summed E-state index contributed by atoms with van der Waals surface area (Å²) in [6, 6.07) is 8.79. The maximum Gasteiger partial charge on any atom is 0.261 e. The largest absolute Gasteiger partial charge is 0.331 e. The molecule has 28 heavy (non-hydrogen) atoms. The summed E-state index contributed by atoms with van der Waals surface area (Å²) in [6.07, 6.45) is 2.32. The average Bonchev–Trinajstić information content (AvgIpc) is 2.63. The molecule has 1 aromatic carbocycles. The Morgan fingerprint density at radius 3 is 2.46 bits per heavy atom. The number of primary sulfonamides is 1. The van der Waals surface area contributed by atoms with Crippen molar-refractivity contribution < 1.29 is 13.2 Å². The van der Waals surface area contributed by atoms with Gasteiger partial charge in [0.25, 0.3) is 5.91 Å². The van der Waals surface area contributed by atoms with E-state index in [4.69, 9.17) is 5.14 Å². The topological polar surface area (TPSA) is 124 Å². The van der Waals surface area contributed by atoms with Gasteiger partial charge in [0.1, 0.15) is 11.2 Å². The van der Waals surface area contributed by atoms with Crippen molar-refractivity contribution in [2.24, 2.45) is 5.14 Å². The van der Waals surface area contributed by atoms with Crippen molar-refractivity contribution in [1.82, 2.24) is 9.55 Å². The highest BCUT2D eigenvalue weighted by atomic mass is 32.2. The predicted molar refractivity (Wildman–Crippen MR) is 107 cm³/mol. The summed E-state index contributed by atoms with van der Waals surface area (Å²) in [5.74, 6) is -0.583. The number of nitrogens with one attached hydrogen (secondary N) is 1. The Labute approximate surface area is 162 Å². The maximum atomic E-state index is 12.8. The van der Waals surface area contributed by atoms with Gasteiger partial charge in [-0.3, -0.25) is 9.59 Å². The van der Waals surface area contributed by atoms with Crippen LogP contribution >= 0.6 is 0 Å². The highest BCUT2D eigenvalue weighted by Gasteiger charge is 2.17. The van der Waals surface area contributed by atoms with Gasteiger partial charge in [-0.2, -0.15) is 0 Å². The molecular weight excluding hydrogens is 380 g/mol. The Hall–Kier alpha value is -3.04. The molecule has 8 nitrogen and oxygen atoms in total. The summed E-state index contributed by atoms with van der Waals surface area (Å²) in [5, 5.41) is 8.05. The van der Waals surface area contributed by atoms with Gasteiger partial charge in [-0.05, 0) is 49.7 Å². The fraction of sp³-hybridized carbons (Fsp3) is 0.211. The van der Waals surface area contributed by atoms with Crippen molar-refractivity contribution in [1.29, 1.82) is 0 Å². The normalized spacial score (nSPS) is 11.5. The number of aromatic nitrogens is 2. The van der Waals surface area contributed by atoms with Crippen LogP contribution in [-0.4, -0.2) is 23.9 Å². The predicted octanol–water partition coefficient (Wildman–Crippen LogP) is 2.01. The lowest BCUT2D eigenvalue weighted by Gasteiger charge is -2.12. The number of carbonyl (C=O) groups excluding carboxylic acids is 1. The van der Waals surface area contributed by atoms with E-state index in [1.54, 1.807) is 16.7 Å². The number of pyridine rings is 2. The van der Waals surface area contributed by atoms with E-state index < -0.39 is 21.4 Å². The molecule has 0 saturated carbocycles. The second kappa shape index (κ2) is 7.53. The molecule has 3 rings (SSSR count). The van der Waals surface area contributed by atoms with E-state index in [0.717, 1.165) is 12.1 Å². The van der Waals surface area contributed by atoms with Gasteiger partial charge in [0.05, 0.1) is 10.3 Å². The molecule has 9 heteroatoms. The van der Waals surface area contributed by atoms with Crippen LogP contribution in [0, 0.1) is 6.92 Å². The molecule has 0 unspecified atom stereocenters. The number of hydrogen-bond donors (Lipinski definition) is 2. The van der Waals surface area contributed by atoms with E-state index in [0.29, 0.717) is 23.3 Å². The van der Waals surface area contributed by atoms with E-state index in [9.17, 15) is 18.0 Å². The lowest BCUT2D eigenvalue weighted by Crippen LogP contribution is -2.24. The molecule has 0 bridgehead atoms. The Morgan fingerprint density at radius 1 is 1.18 bits per heavy atom. The van der Waals surface area contributed by atoms with Crippen LogP contribution in [0.4, 0.5) is 5.69 Å². The second-order valence-corrected chi connectivity index (χ2v) is 7.97. The highest BCUT2D eigenvalue weighted by Crippen LogP contribution is 2.15. The number of benzene rings is 1. The van der Waals surface area contributed by atoms with Crippen molar-refractivity contribution in [3.63, 3.8) is 0 Å². The SMILES string of the molecule is CCCn1cc(C(=O)Nc2ccc(S(N)(=O)=O)cc2)c(=O)c2ccc(C)nc21. The van der Waals surface area contributed by atoms with Crippen LogP contribution in [0.25, 0.3) is 11.0 Å². The van der Waals surface area contributed by atoms with Crippen molar-refractivity contribution in [3.05, 3.63) is 64.1 Å². The summed E-state index contributed by atoms with van der Waals surface area (Å²) in [6.45, 7) is 4.44. The minimum absolute atomic E-state index is 0.0119. The zero-order valence-corrected chi connectivity index (χ0v) is 16.3. The lowest BCUT2D eigenvalue weighted by molar-refractivity contribution is 0.102. The van der Waals surface area contributed by atoms with Crippen LogP contribution < -0.4 is 15.9 Å². The number of nitrogens with two attached hydrogens (primary N) is 1. The summed E-state index contributed by atoms with van der Waals surface area (Å²) in [5.41, 5.74) is 1.25. The minimum atomic E-state index is -3.82. The number of nitrogens with zero attached hydrogens (tertiary/aromatic N) is 2. The Balaban J connectivity index is 2.00. The third kappa shape index (κ3) is 3.95. The molecule has 0 aliphatic heterocycles. The minimum Gasteiger partial charge on any atom is -0.331 e. The quantitative estimate of drug-likeness (QED) is 0.678. The molecule has 146 valence electrons. The van der Waals surface area contributed by atoms with Gasteiger partial charge in [0, 0.05) is 24.1 Å². The highest BCUT2D eigenvalue weighted by molar-refractivity contribution is 7.89. The van der Waals surface area contributed by atoms with Crippen LogP contribution in [0.15, 0.2) is 52.3 Å². The zero-order valence-electron chi connectivity index (χ0n) is 15.5. The van der Waals surface area contributed by atoms with E-state index >= 15 is 0 Å². The van der Waals surface area contributed by atoms with Crippen LogP contribution in [0.3, 0.4) is 0 Å². The third-order valence-corrected chi connectivity index (χ3v) is 5.14. The molecule has 0 saturated heterocycles. The fourth-order valence-corrected chi connectivity index (χ4v) is 3.37. The number of fused-ring (bicyclic) bond motifs is 1. The average molecular weight is 400 g/mol. The fourth-order valence-electron chi connectivity index (χ4n) is 2.86. The molecule has 0 aliphatic rings. The Kier molecular flexibility index (Phi) is 5.30. The van der Waals surface area contributed by atoms with E-state index in [1.165, 1.54) is 30.5 Å². The van der Waals surface area contributed by atoms with Gasteiger partial charge in [-0.25, -0.2) is 18.5 Å². The van der Waals surface area contributed by atoms with E-state index in [2.05, 4.69) is 10.3 Å². The van der Waals surface area contributed by atoms with Gasteiger partial charge < -0.3 is 9.88 Å². The monoisotopic (exact) mass is 400 g/mol. The molecule has 1 amide bonds. The van der Waals surface area contributed by atoms with E-state index in [1.807, 2.05) is 13.8 Å². The van der Waals surface area contributed by atoms with Crippen LogP contribution in [0.5, 0.6) is 0 Å². The van der Waals surface area contributed by atoms with Crippen molar-refractivity contribution in [2.75, 3.05) is 5.32 Å². The molecule has 3 aromatic rings. The number of hydrogen-bond acceptors (Lipinski definition) is 5. The van der Waals surface area contributed by atoms with Gasteiger partial charge in [0.2, 0.25) is 15.5 Å². The summed E-state index contributed by atoms with van der Waals surface area (Å²) < 4.78 is 24.4. The second-order valence-electron chi connectivity index (χ2n) is 6.41. The Morgan fingerprint density at radius 2 is 1.86 bits per heavy atom. The van der Waals surface area contributed by atoms with Crippen molar-refractivity contribution >= 4 is 32.7 Å². The standard InChI is InChI=1S/C19H20N4O4S/c1-3-10-23-11-16(17(24)15-9-4-12(2)21-18(15)23)19(25)22-13-5-7-14(8-6-13)28(20,26)27/h4-9,11H,3,10H2,1-2H3,(H,22,25)(H2,20,26,27). The Bertz CT molecular complexity index is 1220. The first-order valence-corrected chi connectivity index (χ1v) is 10.2. The maximum absolute atomic E-state index is 12.8. The first-order chi connectivity index (χ1) is 13.2. The van der Waals surface area contributed by atoms with Crippen molar-refractivity contribution in [3.8, 4) is 0 Å². The number of rotatable bonds is 5. The number of aryl methyl sites for hydroxylation is 2. The molecule has 0 atom stereocenters. The summed E-state index contributed by atoms with van der Waals surface area (Å²) in [4.78, 5) is 29.9. The van der Waals surface area contributed by atoms with Gasteiger partial charge in [-0.15, -0.1) is 0 Å². The van der Waals surface area contributed by atoms with Crippen molar-refractivity contribution in [2.45, 2.75) is 31.7 Å². The van der Waals surface area contributed by atoms with Gasteiger partial charge in [-0.1, -0.05) is 6.92 Å². The number of anilines is 1. The van der Waals surface area contributed by atoms with E-state index in [-0.39, 0.29) is 10.5 Å². The first kappa shape index (κ1) is 19.7. The van der Waals surface area contributed by atoms with Crippen LogP contribution in [0.1, 0.15) is 29.4 Å². The summed E-state index contributed by atoms with van der Waals surface area (Å²) >= 11 is 0. The molecule has 0 fully saturated rings. The molecular formula is C19H20N4O4S. The van der Waals surface area contributed by atoms with Crippen LogP contribution in [-0.2, 0) is 16.6 Å². The molecule has 3 N–H and O–H groups in total. The van der Waals surface area contributed by atoms with Crippen LogP contribution in [0.2, 0.25) is 0 Å². The molecule has 0 radical (unpaired) electrons. The molecule has 0 spiro atoms. The first-order valence-electron chi connectivity index (χ1n) is 8.65. The summed E-state index contributed by atoms with van der Waals surface area (Å²) in [7, 11) is -3.82. The smallest absolute Gasteiger partial charge is 0.261 e. The number of sulfonamides is 1. The van der Waals surface area contributed by atoms with Gasteiger partial charge in [0.15, 0.2) is 0 Å².